The number of halogens is 1. The maximum atomic E-state index is 13.3. The van der Waals surface area contributed by atoms with Crippen molar-refractivity contribution in [1.29, 1.82) is 0 Å². The van der Waals surface area contributed by atoms with Gasteiger partial charge in [0.1, 0.15) is 18.2 Å². The lowest BCUT2D eigenvalue weighted by molar-refractivity contribution is 0.305. The van der Waals surface area contributed by atoms with E-state index in [1.165, 1.54) is 17.7 Å². The quantitative estimate of drug-likeness (QED) is 0.543. The molecule has 0 spiro atoms. The van der Waals surface area contributed by atoms with Gasteiger partial charge in [-0.25, -0.2) is 4.39 Å². The van der Waals surface area contributed by atoms with Crippen LogP contribution in [0.2, 0.25) is 0 Å². The summed E-state index contributed by atoms with van der Waals surface area (Å²) in [6.07, 6.45) is 1.80. The van der Waals surface area contributed by atoms with Gasteiger partial charge in [-0.3, -0.25) is 4.99 Å². The van der Waals surface area contributed by atoms with Crippen LogP contribution in [0, 0.1) is 19.7 Å². The van der Waals surface area contributed by atoms with Gasteiger partial charge in [0.15, 0.2) is 0 Å². The Labute approximate surface area is 147 Å². The summed E-state index contributed by atoms with van der Waals surface area (Å²) < 4.78 is 19.1. The maximum Gasteiger partial charge on any atom is 0.128 e. The lowest BCUT2D eigenvalue weighted by Gasteiger charge is -2.09. The standard InChI is InChI=1S/C22H20FNO/c1-16-10-11-21(17(2)12-16)24-14-19-7-3-4-9-22(19)25-15-18-6-5-8-20(23)13-18/h3-14H,15H2,1-2H3. The maximum absolute atomic E-state index is 13.3. The minimum absolute atomic E-state index is 0.259. The van der Waals surface area contributed by atoms with E-state index >= 15 is 0 Å². The highest BCUT2D eigenvalue weighted by molar-refractivity contribution is 5.85. The van der Waals surface area contributed by atoms with E-state index in [4.69, 9.17) is 4.74 Å². The third kappa shape index (κ3) is 4.54. The van der Waals surface area contributed by atoms with Gasteiger partial charge in [0.2, 0.25) is 0 Å². The molecule has 0 saturated carbocycles. The molecule has 0 fully saturated rings. The van der Waals surface area contributed by atoms with Crippen molar-refractivity contribution in [3.05, 3.63) is 94.8 Å². The molecule has 0 aromatic heterocycles. The zero-order valence-electron chi connectivity index (χ0n) is 14.4. The second kappa shape index (κ2) is 7.75. The molecule has 25 heavy (non-hydrogen) atoms. The predicted molar refractivity (Wildman–Crippen MR) is 100 cm³/mol. The van der Waals surface area contributed by atoms with E-state index in [1.54, 1.807) is 12.3 Å². The number of para-hydroxylation sites is 1. The van der Waals surface area contributed by atoms with Crippen LogP contribution in [0.1, 0.15) is 22.3 Å². The van der Waals surface area contributed by atoms with Gasteiger partial charge >= 0.3 is 0 Å². The summed E-state index contributed by atoms with van der Waals surface area (Å²) >= 11 is 0. The van der Waals surface area contributed by atoms with Gasteiger partial charge in [-0.05, 0) is 55.3 Å². The molecule has 126 valence electrons. The Morgan fingerprint density at radius 1 is 0.960 bits per heavy atom. The van der Waals surface area contributed by atoms with Gasteiger partial charge in [0, 0.05) is 11.8 Å². The van der Waals surface area contributed by atoms with Crippen LogP contribution in [0.4, 0.5) is 10.1 Å². The number of aryl methyl sites for hydroxylation is 2. The molecule has 0 bridgehead atoms. The number of benzene rings is 3. The molecule has 0 saturated heterocycles. The number of aliphatic imine (C=N–C) groups is 1. The van der Waals surface area contributed by atoms with Crippen LogP contribution in [0.15, 0.2) is 71.7 Å². The molecule has 0 atom stereocenters. The molecule has 3 rings (SSSR count). The third-order valence-corrected chi connectivity index (χ3v) is 3.90. The summed E-state index contributed by atoms with van der Waals surface area (Å²) in [4.78, 5) is 4.58. The summed E-state index contributed by atoms with van der Waals surface area (Å²) in [6.45, 7) is 4.42. The lowest BCUT2D eigenvalue weighted by atomic mass is 10.1. The Morgan fingerprint density at radius 3 is 2.60 bits per heavy atom. The molecule has 3 aromatic carbocycles. The van der Waals surface area contributed by atoms with E-state index in [1.807, 2.05) is 49.4 Å². The second-order valence-corrected chi connectivity index (χ2v) is 6.00. The van der Waals surface area contributed by atoms with E-state index in [9.17, 15) is 4.39 Å². The highest BCUT2D eigenvalue weighted by atomic mass is 19.1. The highest BCUT2D eigenvalue weighted by Gasteiger charge is 2.03. The first-order valence-electron chi connectivity index (χ1n) is 8.19. The fourth-order valence-corrected chi connectivity index (χ4v) is 2.60. The Balaban J connectivity index is 1.77. The molecule has 0 amide bonds. The van der Waals surface area contributed by atoms with Crippen LogP contribution in [0.25, 0.3) is 0 Å². The van der Waals surface area contributed by atoms with E-state index in [-0.39, 0.29) is 5.82 Å². The zero-order chi connectivity index (χ0) is 17.6. The molecule has 0 heterocycles. The van der Waals surface area contributed by atoms with Crippen molar-refractivity contribution in [3.8, 4) is 5.75 Å². The monoisotopic (exact) mass is 333 g/mol. The van der Waals surface area contributed by atoms with Crippen LogP contribution in [-0.2, 0) is 6.61 Å². The highest BCUT2D eigenvalue weighted by Crippen LogP contribution is 2.22. The van der Waals surface area contributed by atoms with E-state index in [0.29, 0.717) is 6.61 Å². The summed E-state index contributed by atoms with van der Waals surface area (Å²) in [5, 5.41) is 0. The van der Waals surface area contributed by atoms with Crippen LogP contribution in [-0.4, -0.2) is 6.21 Å². The molecular formula is C22H20FNO. The van der Waals surface area contributed by atoms with Gasteiger partial charge in [-0.1, -0.05) is 42.0 Å². The average molecular weight is 333 g/mol. The molecule has 0 aliphatic heterocycles. The molecular weight excluding hydrogens is 313 g/mol. The topological polar surface area (TPSA) is 21.6 Å². The Kier molecular flexibility index (Phi) is 5.24. The van der Waals surface area contributed by atoms with Crippen molar-refractivity contribution >= 4 is 11.9 Å². The Morgan fingerprint density at radius 2 is 1.80 bits per heavy atom. The van der Waals surface area contributed by atoms with Crippen molar-refractivity contribution in [1.82, 2.24) is 0 Å². The molecule has 3 heteroatoms. The van der Waals surface area contributed by atoms with Crippen LogP contribution >= 0.6 is 0 Å². The van der Waals surface area contributed by atoms with Crippen LogP contribution < -0.4 is 4.74 Å². The van der Waals surface area contributed by atoms with Gasteiger partial charge in [0.05, 0.1) is 5.69 Å². The molecule has 0 unspecified atom stereocenters. The summed E-state index contributed by atoms with van der Waals surface area (Å²) in [5.74, 6) is 0.464. The summed E-state index contributed by atoms with van der Waals surface area (Å²) in [5.41, 5.74) is 4.97. The van der Waals surface area contributed by atoms with Crippen LogP contribution in [0.3, 0.4) is 0 Å². The van der Waals surface area contributed by atoms with Crippen molar-refractivity contribution in [2.45, 2.75) is 20.5 Å². The minimum Gasteiger partial charge on any atom is -0.488 e. The largest absolute Gasteiger partial charge is 0.488 e. The molecule has 0 radical (unpaired) electrons. The van der Waals surface area contributed by atoms with Crippen molar-refractivity contribution in [3.63, 3.8) is 0 Å². The summed E-state index contributed by atoms with van der Waals surface area (Å²) in [6, 6.07) is 20.3. The Bertz CT molecular complexity index is 902. The minimum atomic E-state index is -0.259. The average Bonchev–Trinajstić information content (AvgIpc) is 2.60. The molecule has 0 aliphatic rings. The molecule has 0 N–H and O–H groups in total. The van der Waals surface area contributed by atoms with Gasteiger partial charge in [-0.2, -0.15) is 0 Å². The number of hydrogen-bond donors (Lipinski definition) is 0. The lowest BCUT2D eigenvalue weighted by Crippen LogP contribution is -1.98. The second-order valence-electron chi connectivity index (χ2n) is 6.00. The first-order valence-corrected chi connectivity index (χ1v) is 8.19. The van der Waals surface area contributed by atoms with Gasteiger partial charge < -0.3 is 4.74 Å². The SMILES string of the molecule is Cc1ccc(N=Cc2ccccc2OCc2cccc(F)c2)c(C)c1. The third-order valence-electron chi connectivity index (χ3n) is 3.90. The smallest absolute Gasteiger partial charge is 0.128 e. The van der Waals surface area contributed by atoms with Crippen LogP contribution in [0.5, 0.6) is 5.75 Å². The number of hydrogen-bond acceptors (Lipinski definition) is 2. The fraction of sp³-hybridized carbons (Fsp3) is 0.136. The number of rotatable bonds is 5. The zero-order valence-corrected chi connectivity index (χ0v) is 14.4. The van der Waals surface area contributed by atoms with Crippen molar-refractivity contribution < 1.29 is 9.13 Å². The molecule has 0 aliphatic carbocycles. The van der Waals surface area contributed by atoms with Crippen molar-refractivity contribution in [2.24, 2.45) is 4.99 Å². The first kappa shape index (κ1) is 16.9. The van der Waals surface area contributed by atoms with Crippen molar-refractivity contribution in [2.75, 3.05) is 0 Å². The van der Waals surface area contributed by atoms with Gasteiger partial charge in [0.25, 0.3) is 0 Å². The van der Waals surface area contributed by atoms with E-state index in [2.05, 4.69) is 18.0 Å². The summed E-state index contributed by atoms with van der Waals surface area (Å²) in [7, 11) is 0. The molecule has 3 aromatic rings. The van der Waals surface area contributed by atoms with E-state index < -0.39 is 0 Å². The van der Waals surface area contributed by atoms with E-state index in [0.717, 1.165) is 28.1 Å². The molecule has 2 nitrogen and oxygen atoms in total. The first-order chi connectivity index (χ1) is 12.1. The normalized spacial score (nSPS) is 11.0. The fourth-order valence-electron chi connectivity index (χ4n) is 2.60. The predicted octanol–water partition coefficient (Wildman–Crippen LogP) is 5.77. The van der Waals surface area contributed by atoms with Gasteiger partial charge in [-0.15, -0.1) is 0 Å². The Hall–Kier alpha value is -2.94. The number of ether oxygens (including phenoxy) is 1. The number of nitrogens with zero attached hydrogens (tertiary/aromatic N) is 1.